The van der Waals surface area contributed by atoms with Crippen LogP contribution in [-0.2, 0) is 24.1 Å². The molecule has 0 bridgehead atoms. The second-order valence-corrected chi connectivity index (χ2v) is 6.43. The molecular weight excluding hydrogens is 402 g/mol. The van der Waals surface area contributed by atoms with Gasteiger partial charge in [0.15, 0.2) is 5.82 Å². The van der Waals surface area contributed by atoms with Gasteiger partial charge in [0.05, 0.1) is 12.2 Å². The van der Waals surface area contributed by atoms with Gasteiger partial charge in [-0.2, -0.15) is 23.4 Å². The van der Waals surface area contributed by atoms with Gasteiger partial charge in [0.2, 0.25) is 5.91 Å². The number of nitrogens with zero attached hydrogens (tertiary/aromatic N) is 4. The van der Waals surface area contributed by atoms with E-state index in [4.69, 9.17) is 11.6 Å². The van der Waals surface area contributed by atoms with Crippen LogP contribution in [0, 0.1) is 12.7 Å². The molecule has 0 radical (unpaired) electrons. The molecule has 2 heterocycles. The molecule has 1 aromatic carbocycles. The topological polar surface area (TPSA) is 64.7 Å². The van der Waals surface area contributed by atoms with E-state index in [2.05, 4.69) is 15.5 Å². The third-order valence-corrected chi connectivity index (χ3v) is 3.97. The summed E-state index contributed by atoms with van der Waals surface area (Å²) in [4.78, 5) is 12.1. The Bertz CT molecular complexity index is 1010. The molecule has 0 saturated heterocycles. The van der Waals surface area contributed by atoms with Crippen LogP contribution in [-0.4, -0.2) is 25.5 Å². The molecule has 2 aromatic heterocycles. The number of carbonyl (C=O) groups excluding carboxylic acids is 1. The highest BCUT2D eigenvalue weighted by Crippen LogP contribution is 2.29. The van der Waals surface area contributed by atoms with E-state index in [0.29, 0.717) is 10.2 Å². The summed E-state index contributed by atoms with van der Waals surface area (Å²) in [5, 5.41) is 10.2. The van der Waals surface area contributed by atoms with Gasteiger partial charge in [-0.25, -0.2) is 4.39 Å². The van der Waals surface area contributed by atoms with Crippen molar-refractivity contribution in [1.29, 1.82) is 0 Å². The second-order valence-electron chi connectivity index (χ2n) is 6.03. The fraction of sp³-hybridized carbons (Fsp3) is 0.235. The predicted octanol–water partition coefficient (Wildman–Crippen LogP) is 3.89. The minimum absolute atomic E-state index is 0.0134. The number of aryl methyl sites for hydroxylation is 1. The highest BCUT2D eigenvalue weighted by Gasteiger charge is 2.35. The smallest absolute Gasteiger partial charge is 0.306 e. The van der Waals surface area contributed by atoms with Crippen LogP contribution < -0.4 is 5.32 Å². The van der Waals surface area contributed by atoms with Crippen molar-refractivity contribution in [2.45, 2.75) is 26.2 Å². The van der Waals surface area contributed by atoms with Crippen LogP contribution in [0.3, 0.4) is 0 Å². The van der Waals surface area contributed by atoms with Crippen molar-refractivity contribution in [2.24, 2.45) is 0 Å². The number of amides is 1. The van der Waals surface area contributed by atoms with Gasteiger partial charge < -0.3 is 5.32 Å². The van der Waals surface area contributed by atoms with E-state index < -0.39 is 30.1 Å². The Hall–Kier alpha value is -2.88. The molecule has 1 amide bonds. The van der Waals surface area contributed by atoms with E-state index in [9.17, 15) is 22.4 Å². The molecule has 0 spiro atoms. The van der Waals surface area contributed by atoms with E-state index in [-0.39, 0.29) is 23.1 Å². The Morgan fingerprint density at radius 1 is 1.25 bits per heavy atom. The van der Waals surface area contributed by atoms with Crippen LogP contribution in [0.2, 0.25) is 5.02 Å². The fourth-order valence-electron chi connectivity index (χ4n) is 2.59. The van der Waals surface area contributed by atoms with E-state index in [1.54, 1.807) is 12.1 Å². The molecule has 0 unspecified atom stereocenters. The highest BCUT2D eigenvalue weighted by molar-refractivity contribution is 6.33. The van der Waals surface area contributed by atoms with Crippen LogP contribution >= 0.6 is 11.6 Å². The largest absolute Gasteiger partial charge is 0.433 e. The summed E-state index contributed by atoms with van der Waals surface area (Å²) in [6, 6.07) is 6.72. The van der Waals surface area contributed by atoms with Crippen LogP contribution in [0.15, 0.2) is 36.5 Å². The average molecular weight is 416 g/mol. The Morgan fingerprint density at radius 3 is 2.68 bits per heavy atom. The molecule has 3 aromatic rings. The standard InChI is InChI=1S/C17H14ClF4N5O/c1-10-5-14(17(20,21)22)27(24-10)9-15(28)23-16-13(18)8-26(25-16)7-11-3-2-4-12(19)6-11/h2-6,8H,7,9H2,1H3,(H,23,25,28). The number of alkyl halides is 3. The number of hydrogen-bond donors (Lipinski definition) is 1. The number of rotatable bonds is 5. The lowest BCUT2D eigenvalue weighted by atomic mass is 10.2. The van der Waals surface area contributed by atoms with E-state index in [1.807, 2.05) is 0 Å². The number of hydrogen-bond acceptors (Lipinski definition) is 3. The molecule has 28 heavy (non-hydrogen) atoms. The first kappa shape index (κ1) is 19.9. The zero-order valence-electron chi connectivity index (χ0n) is 14.5. The Labute approximate surface area is 161 Å². The van der Waals surface area contributed by atoms with Crippen molar-refractivity contribution in [3.05, 3.63) is 64.3 Å². The highest BCUT2D eigenvalue weighted by atomic mass is 35.5. The maximum Gasteiger partial charge on any atom is 0.433 e. The summed E-state index contributed by atoms with van der Waals surface area (Å²) >= 11 is 6.02. The summed E-state index contributed by atoms with van der Waals surface area (Å²) in [7, 11) is 0. The summed E-state index contributed by atoms with van der Waals surface area (Å²) in [6.45, 7) is 0.939. The normalized spacial score (nSPS) is 11.6. The molecule has 1 N–H and O–H groups in total. The SMILES string of the molecule is Cc1cc(C(F)(F)F)n(CC(=O)Nc2nn(Cc3cccc(F)c3)cc2Cl)n1. The van der Waals surface area contributed by atoms with Gasteiger partial charge in [-0.3, -0.25) is 14.2 Å². The summed E-state index contributed by atoms with van der Waals surface area (Å²) < 4.78 is 54.2. The Kier molecular flexibility index (Phi) is 5.41. The maximum atomic E-state index is 13.3. The van der Waals surface area contributed by atoms with Crippen LogP contribution in [0.4, 0.5) is 23.4 Å². The number of aromatic nitrogens is 4. The van der Waals surface area contributed by atoms with Crippen molar-refractivity contribution in [1.82, 2.24) is 19.6 Å². The lowest BCUT2D eigenvalue weighted by molar-refractivity contribution is -0.144. The number of nitrogens with one attached hydrogen (secondary N) is 1. The molecule has 0 aliphatic carbocycles. The first-order valence-corrected chi connectivity index (χ1v) is 8.38. The van der Waals surface area contributed by atoms with Gasteiger partial charge in [0.1, 0.15) is 23.1 Å². The molecule has 3 rings (SSSR count). The van der Waals surface area contributed by atoms with Crippen LogP contribution in [0.5, 0.6) is 0 Å². The van der Waals surface area contributed by atoms with Gasteiger partial charge in [0.25, 0.3) is 0 Å². The molecular formula is C17H14ClF4N5O. The lowest BCUT2D eigenvalue weighted by Crippen LogP contribution is -2.24. The van der Waals surface area contributed by atoms with E-state index >= 15 is 0 Å². The molecule has 6 nitrogen and oxygen atoms in total. The van der Waals surface area contributed by atoms with Crippen LogP contribution in [0.25, 0.3) is 0 Å². The van der Waals surface area contributed by atoms with Crippen molar-refractivity contribution >= 4 is 23.3 Å². The molecule has 0 aliphatic rings. The van der Waals surface area contributed by atoms with Crippen molar-refractivity contribution < 1.29 is 22.4 Å². The van der Waals surface area contributed by atoms with Gasteiger partial charge >= 0.3 is 6.18 Å². The molecule has 0 fully saturated rings. The number of anilines is 1. The summed E-state index contributed by atoms with van der Waals surface area (Å²) in [5.74, 6) is -1.19. The molecule has 0 aliphatic heterocycles. The third-order valence-electron chi connectivity index (χ3n) is 3.69. The molecule has 148 valence electrons. The minimum Gasteiger partial charge on any atom is -0.306 e. The van der Waals surface area contributed by atoms with Crippen molar-refractivity contribution in [3.63, 3.8) is 0 Å². The average Bonchev–Trinajstić information content (AvgIpc) is 3.10. The summed E-state index contributed by atoms with van der Waals surface area (Å²) in [5.41, 5.74) is -0.265. The summed E-state index contributed by atoms with van der Waals surface area (Å²) in [6.07, 6.45) is -3.22. The minimum atomic E-state index is -4.63. The first-order valence-electron chi connectivity index (χ1n) is 8.01. The zero-order chi connectivity index (χ0) is 20.5. The molecule has 0 saturated carbocycles. The van der Waals surface area contributed by atoms with Gasteiger partial charge in [-0.15, -0.1) is 0 Å². The van der Waals surface area contributed by atoms with E-state index in [1.165, 1.54) is 29.9 Å². The molecule has 11 heteroatoms. The van der Waals surface area contributed by atoms with Crippen LogP contribution in [0.1, 0.15) is 17.0 Å². The fourth-order valence-corrected chi connectivity index (χ4v) is 2.78. The van der Waals surface area contributed by atoms with Gasteiger partial charge in [0, 0.05) is 6.20 Å². The van der Waals surface area contributed by atoms with Crippen molar-refractivity contribution in [2.75, 3.05) is 5.32 Å². The second kappa shape index (κ2) is 7.63. The van der Waals surface area contributed by atoms with Gasteiger partial charge in [-0.1, -0.05) is 23.7 Å². The number of carbonyl (C=O) groups is 1. The monoisotopic (exact) mass is 415 g/mol. The lowest BCUT2D eigenvalue weighted by Gasteiger charge is -2.10. The van der Waals surface area contributed by atoms with E-state index in [0.717, 1.165) is 6.07 Å². The Balaban J connectivity index is 1.71. The predicted molar refractivity (Wildman–Crippen MR) is 93.3 cm³/mol. The zero-order valence-corrected chi connectivity index (χ0v) is 15.2. The molecule has 0 atom stereocenters. The number of benzene rings is 1. The first-order chi connectivity index (χ1) is 13.1. The Morgan fingerprint density at radius 2 is 2.00 bits per heavy atom. The van der Waals surface area contributed by atoms with Gasteiger partial charge in [-0.05, 0) is 30.7 Å². The third kappa shape index (κ3) is 4.69. The number of halogens is 5. The maximum absolute atomic E-state index is 13.3. The van der Waals surface area contributed by atoms with Crippen molar-refractivity contribution in [3.8, 4) is 0 Å². The quantitative estimate of drug-likeness (QED) is 0.643.